The van der Waals surface area contributed by atoms with E-state index in [4.69, 9.17) is 4.84 Å². The van der Waals surface area contributed by atoms with Gasteiger partial charge in [0.25, 0.3) is 5.91 Å². The zero-order valence-electron chi connectivity index (χ0n) is 9.93. The SMILES string of the molecule is CC/C(=C/C(=O)N(C)OC)c1ccccc1. The third-order valence-corrected chi connectivity index (χ3v) is 2.41. The van der Waals surface area contributed by atoms with E-state index in [2.05, 4.69) is 0 Å². The summed E-state index contributed by atoms with van der Waals surface area (Å²) < 4.78 is 0. The number of amides is 1. The van der Waals surface area contributed by atoms with Crippen molar-refractivity contribution in [1.82, 2.24) is 5.06 Å². The van der Waals surface area contributed by atoms with Crippen LogP contribution in [0.4, 0.5) is 0 Å². The van der Waals surface area contributed by atoms with E-state index in [1.54, 1.807) is 13.1 Å². The van der Waals surface area contributed by atoms with Crippen LogP contribution in [0.15, 0.2) is 36.4 Å². The summed E-state index contributed by atoms with van der Waals surface area (Å²) in [6.07, 6.45) is 2.42. The molecular weight excluding hydrogens is 202 g/mol. The maximum absolute atomic E-state index is 11.6. The van der Waals surface area contributed by atoms with Crippen molar-refractivity contribution < 1.29 is 9.63 Å². The highest BCUT2D eigenvalue weighted by molar-refractivity contribution is 5.94. The lowest BCUT2D eigenvalue weighted by atomic mass is 10.0. The van der Waals surface area contributed by atoms with Crippen LogP contribution in [-0.2, 0) is 9.63 Å². The Morgan fingerprint density at radius 2 is 2.00 bits per heavy atom. The van der Waals surface area contributed by atoms with Gasteiger partial charge in [-0.2, -0.15) is 0 Å². The van der Waals surface area contributed by atoms with Crippen LogP contribution < -0.4 is 0 Å². The molecule has 0 aliphatic heterocycles. The Morgan fingerprint density at radius 3 is 2.50 bits per heavy atom. The first kappa shape index (κ1) is 12.5. The molecule has 3 nitrogen and oxygen atoms in total. The van der Waals surface area contributed by atoms with Crippen molar-refractivity contribution in [3.8, 4) is 0 Å². The quantitative estimate of drug-likeness (QED) is 0.575. The molecule has 0 unspecified atom stereocenters. The number of nitrogens with zero attached hydrogens (tertiary/aromatic N) is 1. The van der Waals surface area contributed by atoms with Crippen molar-refractivity contribution in [3.63, 3.8) is 0 Å². The fourth-order valence-corrected chi connectivity index (χ4v) is 1.37. The van der Waals surface area contributed by atoms with Crippen LogP contribution in [-0.4, -0.2) is 25.1 Å². The van der Waals surface area contributed by atoms with E-state index in [9.17, 15) is 4.79 Å². The molecule has 0 atom stereocenters. The van der Waals surface area contributed by atoms with Gasteiger partial charge in [-0.1, -0.05) is 37.3 Å². The molecule has 0 aliphatic carbocycles. The molecule has 0 heterocycles. The largest absolute Gasteiger partial charge is 0.274 e. The van der Waals surface area contributed by atoms with Gasteiger partial charge in [-0.25, -0.2) is 5.06 Å². The number of hydrogen-bond donors (Lipinski definition) is 0. The number of likely N-dealkylation sites (N-methyl/N-ethyl adjacent to an activating group) is 1. The number of carbonyl (C=O) groups is 1. The summed E-state index contributed by atoms with van der Waals surface area (Å²) in [5.41, 5.74) is 2.08. The zero-order chi connectivity index (χ0) is 12.0. The molecule has 0 saturated carbocycles. The van der Waals surface area contributed by atoms with Gasteiger partial charge in [0.05, 0.1) is 7.11 Å². The monoisotopic (exact) mass is 219 g/mol. The molecule has 0 spiro atoms. The fraction of sp³-hybridized carbons (Fsp3) is 0.308. The van der Waals surface area contributed by atoms with Gasteiger partial charge in [0, 0.05) is 13.1 Å². The molecule has 1 amide bonds. The van der Waals surface area contributed by atoms with Crippen LogP contribution in [0, 0.1) is 0 Å². The maximum atomic E-state index is 11.6. The zero-order valence-corrected chi connectivity index (χ0v) is 9.93. The number of hydroxylamine groups is 2. The second-order valence-corrected chi connectivity index (χ2v) is 3.41. The van der Waals surface area contributed by atoms with Crippen molar-refractivity contribution in [2.75, 3.05) is 14.2 Å². The Hall–Kier alpha value is -1.61. The van der Waals surface area contributed by atoms with Crippen molar-refractivity contribution in [3.05, 3.63) is 42.0 Å². The lowest BCUT2D eigenvalue weighted by Gasteiger charge is -2.12. The van der Waals surface area contributed by atoms with E-state index >= 15 is 0 Å². The van der Waals surface area contributed by atoms with Crippen LogP contribution in [0.2, 0.25) is 0 Å². The Kier molecular flexibility index (Phi) is 4.73. The minimum atomic E-state index is -0.150. The molecular formula is C13H17NO2. The van der Waals surface area contributed by atoms with Crippen LogP contribution in [0.5, 0.6) is 0 Å². The van der Waals surface area contributed by atoms with E-state index in [0.29, 0.717) is 0 Å². The van der Waals surface area contributed by atoms with Crippen LogP contribution in [0.25, 0.3) is 5.57 Å². The highest BCUT2D eigenvalue weighted by atomic mass is 16.7. The summed E-state index contributed by atoms with van der Waals surface area (Å²) in [6, 6.07) is 9.87. The van der Waals surface area contributed by atoms with E-state index in [-0.39, 0.29) is 5.91 Å². The second-order valence-electron chi connectivity index (χ2n) is 3.41. The fourth-order valence-electron chi connectivity index (χ4n) is 1.37. The number of allylic oxidation sites excluding steroid dienone is 1. The first-order chi connectivity index (χ1) is 7.69. The van der Waals surface area contributed by atoms with E-state index < -0.39 is 0 Å². The van der Waals surface area contributed by atoms with E-state index in [0.717, 1.165) is 17.6 Å². The van der Waals surface area contributed by atoms with Gasteiger partial charge in [0.1, 0.15) is 0 Å². The molecule has 1 rings (SSSR count). The number of benzene rings is 1. The molecule has 16 heavy (non-hydrogen) atoms. The third kappa shape index (κ3) is 3.21. The van der Waals surface area contributed by atoms with E-state index in [1.165, 1.54) is 12.2 Å². The highest BCUT2D eigenvalue weighted by Crippen LogP contribution is 2.17. The van der Waals surface area contributed by atoms with Gasteiger partial charge < -0.3 is 0 Å². The molecule has 0 N–H and O–H groups in total. The van der Waals surface area contributed by atoms with Gasteiger partial charge in [0.15, 0.2) is 0 Å². The molecule has 0 aliphatic rings. The van der Waals surface area contributed by atoms with E-state index in [1.807, 2.05) is 37.3 Å². The lowest BCUT2D eigenvalue weighted by Crippen LogP contribution is -2.23. The molecule has 0 aromatic heterocycles. The van der Waals surface area contributed by atoms with Gasteiger partial charge >= 0.3 is 0 Å². The van der Waals surface area contributed by atoms with Gasteiger partial charge in [-0.3, -0.25) is 9.63 Å². The summed E-state index contributed by atoms with van der Waals surface area (Å²) >= 11 is 0. The summed E-state index contributed by atoms with van der Waals surface area (Å²) in [5, 5.41) is 1.21. The lowest BCUT2D eigenvalue weighted by molar-refractivity contribution is -0.162. The average molecular weight is 219 g/mol. The van der Waals surface area contributed by atoms with Crippen LogP contribution >= 0.6 is 0 Å². The molecule has 0 saturated heterocycles. The number of carbonyl (C=O) groups excluding carboxylic acids is 1. The predicted octanol–water partition coefficient (Wildman–Crippen LogP) is 2.50. The predicted molar refractivity (Wildman–Crippen MR) is 64.5 cm³/mol. The maximum Gasteiger partial charge on any atom is 0.270 e. The minimum absolute atomic E-state index is 0.150. The normalized spacial score (nSPS) is 11.3. The summed E-state index contributed by atoms with van der Waals surface area (Å²) in [5.74, 6) is -0.150. The Labute approximate surface area is 96.3 Å². The first-order valence-electron chi connectivity index (χ1n) is 5.26. The van der Waals surface area contributed by atoms with Crippen molar-refractivity contribution >= 4 is 11.5 Å². The van der Waals surface area contributed by atoms with Crippen molar-refractivity contribution in [1.29, 1.82) is 0 Å². The molecule has 0 fully saturated rings. The molecule has 0 radical (unpaired) electrons. The third-order valence-electron chi connectivity index (χ3n) is 2.41. The summed E-state index contributed by atoms with van der Waals surface area (Å²) in [4.78, 5) is 16.5. The van der Waals surface area contributed by atoms with Crippen molar-refractivity contribution in [2.45, 2.75) is 13.3 Å². The van der Waals surface area contributed by atoms with Gasteiger partial charge in [0.2, 0.25) is 0 Å². The van der Waals surface area contributed by atoms with Crippen molar-refractivity contribution in [2.24, 2.45) is 0 Å². The number of rotatable bonds is 4. The molecule has 0 bridgehead atoms. The standard InChI is InChI=1S/C13H17NO2/c1-4-11(10-13(15)14(2)16-3)12-8-6-5-7-9-12/h5-10H,4H2,1-3H3/b11-10-. The average Bonchev–Trinajstić information content (AvgIpc) is 2.35. The molecule has 3 heteroatoms. The second kappa shape index (κ2) is 6.08. The molecule has 86 valence electrons. The summed E-state index contributed by atoms with van der Waals surface area (Å²) in [6.45, 7) is 2.03. The topological polar surface area (TPSA) is 29.5 Å². The van der Waals surface area contributed by atoms with Gasteiger partial charge in [-0.15, -0.1) is 0 Å². The molecule has 1 aromatic rings. The van der Waals surface area contributed by atoms with Crippen LogP contribution in [0.3, 0.4) is 0 Å². The first-order valence-corrected chi connectivity index (χ1v) is 5.26. The smallest absolute Gasteiger partial charge is 0.270 e. The highest BCUT2D eigenvalue weighted by Gasteiger charge is 2.06. The van der Waals surface area contributed by atoms with Crippen LogP contribution in [0.1, 0.15) is 18.9 Å². The minimum Gasteiger partial charge on any atom is -0.274 e. The Balaban J connectivity index is 2.91. The number of hydrogen-bond acceptors (Lipinski definition) is 2. The Bertz CT molecular complexity index is 371. The Morgan fingerprint density at radius 1 is 1.38 bits per heavy atom. The molecule has 1 aromatic carbocycles. The van der Waals surface area contributed by atoms with Gasteiger partial charge in [-0.05, 0) is 17.6 Å². The summed E-state index contributed by atoms with van der Waals surface area (Å²) in [7, 11) is 3.07.